The smallest absolute Gasteiger partial charge is 0.00671 e. The Hall–Kier alpha value is -0.0400. The third kappa shape index (κ3) is 3.76. The second-order valence-corrected chi connectivity index (χ2v) is 6.10. The fourth-order valence-electron chi connectivity index (χ4n) is 3.54. The average molecular weight is 223 g/mol. The van der Waals surface area contributed by atoms with Crippen LogP contribution in [0, 0.1) is 11.8 Å². The van der Waals surface area contributed by atoms with Crippen LogP contribution >= 0.6 is 0 Å². The van der Waals surface area contributed by atoms with Crippen molar-refractivity contribution in [3.8, 4) is 0 Å². The van der Waals surface area contributed by atoms with Crippen molar-refractivity contribution in [2.24, 2.45) is 11.8 Å². The van der Waals surface area contributed by atoms with Crippen LogP contribution in [0.4, 0.5) is 0 Å². The van der Waals surface area contributed by atoms with Gasteiger partial charge in [-0.05, 0) is 51.0 Å². The Kier molecular flexibility index (Phi) is 5.15. The highest BCUT2D eigenvalue weighted by atomic mass is 14.9. The summed E-state index contributed by atoms with van der Waals surface area (Å²) in [7, 11) is 0. The van der Waals surface area contributed by atoms with E-state index in [1.807, 2.05) is 0 Å². The van der Waals surface area contributed by atoms with Crippen molar-refractivity contribution in [1.82, 2.24) is 5.32 Å². The molecule has 2 aliphatic carbocycles. The fourth-order valence-corrected chi connectivity index (χ4v) is 3.54. The first-order valence-corrected chi connectivity index (χ1v) is 7.59. The molecule has 0 saturated heterocycles. The van der Waals surface area contributed by atoms with E-state index in [-0.39, 0.29) is 0 Å². The van der Waals surface area contributed by atoms with Gasteiger partial charge in [0.15, 0.2) is 0 Å². The standard InChI is InChI=1S/C15H29N/c1-13(15-10-6-3-7-11-15)16-12-14-8-4-2-5-9-14/h13-16H,2-12H2,1H3/t13-/m0/s1. The van der Waals surface area contributed by atoms with Gasteiger partial charge in [-0.15, -0.1) is 0 Å². The summed E-state index contributed by atoms with van der Waals surface area (Å²) in [6, 6.07) is 0.766. The molecular weight excluding hydrogens is 194 g/mol. The van der Waals surface area contributed by atoms with Gasteiger partial charge in [0, 0.05) is 6.04 Å². The van der Waals surface area contributed by atoms with Gasteiger partial charge in [-0.3, -0.25) is 0 Å². The minimum Gasteiger partial charge on any atom is -0.314 e. The molecular formula is C15H29N. The van der Waals surface area contributed by atoms with Gasteiger partial charge in [0.05, 0.1) is 0 Å². The summed E-state index contributed by atoms with van der Waals surface area (Å²) in [4.78, 5) is 0. The Morgan fingerprint density at radius 2 is 1.44 bits per heavy atom. The predicted octanol–water partition coefficient (Wildman–Crippen LogP) is 4.13. The van der Waals surface area contributed by atoms with Crippen molar-refractivity contribution < 1.29 is 0 Å². The molecule has 0 aromatic rings. The van der Waals surface area contributed by atoms with Crippen LogP contribution in [0.1, 0.15) is 71.1 Å². The maximum Gasteiger partial charge on any atom is 0.00671 e. The van der Waals surface area contributed by atoms with Crippen LogP contribution < -0.4 is 5.32 Å². The predicted molar refractivity (Wildman–Crippen MR) is 70.6 cm³/mol. The molecule has 2 aliphatic rings. The minimum absolute atomic E-state index is 0.766. The second-order valence-electron chi connectivity index (χ2n) is 6.10. The van der Waals surface area contributed by atoms with Crippen molar-refractivity contribution in [2.75, 3.05) is 6.54 Å². The van der Waals surface area contributed by atoms with E-state index in [1.165, 1.54) is 70.8 Å². The summed E-state index contributed by atoms with van der Waals surface area (Å²) in [5.74, 6) is 1.96. The molecule has 2 saturated carbocycles. The zero-order valence-electron chi connectivity index (χ0n) is 11.0. The highest BCUT2D eigenvalue weighted by molar-refractivity contribution is 4.77. The minimum atomic E-state index is 0.766. The molecule has 0 aliphatic heterocycles. The van der Waals surface area contributed by atoms with E-state index in [1.54, 1.807) is 0 Å². The van der Waals surface area contributed by atoms with Crippen molar-refractivity contribution >= 4 is 0 Å². The molecule has 0 aromatic carbocycles. The largest absolute Gasteiger partial charge is 0.314 e. The fraction of sp³-hybridized carbons (Fsp3) is 1.00. The summed E-state index contributed by atoms with van der Waals surface area (Å²) in [6.45, 7) is 3.70. The van der Waals surface area contributed by atoms with E-state index in [2.05, 4.69) is 12.2 Å². The average Bonchev–Trinajstić information content (AvgIpc) is 2.38. The molecule has 0 amide bonds. The lowest BCUT2D eigenvalue weighted by Crippen LogP contribution is -2.38. The third-order valence-corrected chi connectivity index (χ3v) is 4.81. The van der Waals surface area contributed by atoms with Crippen LogP contribution in [-0.2, 0) is 0 Å². The van der Waals surface area contributed by atoms with Crippen LogP contribution in [0.5, 0.6) is 0 Å². The summed E-state index contributed by atoms with van der Waals surface area (Å²) in [5, 5.41) is 3.82. The Morgan fingerprint density at radius 1 is 0.875 bits per heavy atom. The van der Waals surface area contributed by atoms with Crippen LogP contribution in [0.15, 0.2) is 0 Å². The molecule has 0 spiro atoms. The molecule has 1 N–H and O–H groups in total. The molecule has 0 aromatic heterocycles. The summed E-state index contributed by atoms with van der Waals surface area (Å²) in [5.41, 5.74) is 0. The van der Waals surface area contributed by atoms with Gasteiger partial charge in [0.1, 0.15) is 0 Å². The second kappa shape index (κ2) is 6.64. The lowest BCUT2D eigenvalue weighted by atomic mass is 9.84. The number of rotatable bonds is 4. The highest BCUT2D eigenvalue weighted by Crippen LogP contribution is 2.27. The third-order valence-electron chi connectivity index (χ3n) is 4.81. The molecule has 94 valence electrons. The molecule has 2 fully saturated rings. The zero-order chi connectivity index (χ0) is 11.2. The maximum atomic E-state index is 3.82. The molecule has 1 heteroatoms. The van der Waals surface area contributed by atoms with Crippen LogP contribution in [-0.4, -0.2) is 12.6 Å². The molecule has 1 nitrogen and oxygen atoms in total. The van der Waals surface area contributed by atoms with Crippen LogP contribution in [0.25, 0.3) is 0 Å². The Morgan fingerprint density at radius 3 is 2.06 bits per heavy atom. The van der Waals surface area contributed by atoms with Crippen LogP contribution in [0.3, 0.4) is 0 Å². The van der Waals surface area contributed by atoms with Gasteiger partial charge in [-0.25, -0.2) is 0 Å². The number of hydrogen-bond donors (Lipinski definition) is 1. The number of nitrogens with one attached hydrogen (secondary N) is 1. The lowest BCUT2D eigenvalue weighted by Gasteiger charge is -2.30. The van der Waals surface area contributed by atoms with Crippen molar-refractivity contribution in [1.29, 1.82) is 0 Å². The zero-order valence-corrected chi connectivity index (χ0v) is 11.0. The quantitative estimate of drug-likeness (QED) is 0.756. The van der Waals surface area contributed by atoms with Gasteiger partial charge in [0.2, 0.25) is 0 Å². The normalized spacial score (nSPS) is 26.8. The SMILES string of the molecule is C[C@H](NCC1CCCCC1)C1CCCCC1. The Labute approximate surface area is 101 Å². The van der Waals surface area contributed by atoms with E-state index in [9.17, 15) is 0 Å². The molecule has 1 atom stereocenters. The van der Waals surface area contributed by atoms with Gasteiger partial charge in [0.25, 0.3) is 0 Å². The van der Waals surface area contributed by atoms with E-state index in [4.69, 9.17) is 0 Å². The monoisotopic (exact) mass is 223 g/mol. The van der Waals surface area contributed by atoms with Crippen molar-refractivity contribution in [3.63, 3.8) is 0 Å². The van der Waals surface area contributed by atoms with Crippen molar-refractivity contribution in [2.45, 2.75) is 77.2 Å². The van der Waals surface area contributed by atoms with Gasteiger partial charge >= 0.3 is 0 Å². The van der Waals surface area contributed by atoms with Gasteiger partial charge < -0.3 is 5.32 Å². The van der Waals surface area contributed by atoms with Crippen LogP contribution in [0.2, 0.25) is 0 Å². The van der Waals surface area contributed by atoms with Gasteiger partial charge in [-0.2, -0.15) is 0 Å². The molecule has 0 radical (unpaired) electrons. The first-order chi connectivity index (χ1) is 7.86. The first-order valence-electron chi connectivity index (χ1n) is 7.59. The van der Waals surface area contributed by atoms with E-state index in [0.717, 1.165) is 17.9 Å². The lowest BCUT2D eigenvalue weighted by molar-refractivity contribution is 0.257. The molecule has 0 unspecified atom stereocenters. The molecule has 2 rings (SSSR count). The Bertz CT molecular complexity index is 178. The van der Waals surface area contributed by atoms with E-state index < -0.39 is 0 Å². The van der Waals surface area contributed by atoms with E-state index in [0.29, 0.717) is 0 Å². The molecule has 0 bridgehead atoms. The molecule has 0 heterocycles. The highest BCUT2D eigenvalue weighted by Gasteiger charge is 2.21. The van der Waals surface area contributed by atoms with Crippen molar-refractivity contribution in [3.05, 3.63) is 0 Å². The van der Waals surface area contributed by atoms with Gasteiger partial charge in [-0.1, -0.05) is 38.5 Å². The Balaban J connectivity index is 1.63. The number of hydrogen-bond acceptors (Lipinski definition) is 1. The summed E-state index contributed by atoms with van der Waals surface area (Å²) < 4.78 is 0. The maximum absolute atomic E-state index is 3.82. The molecule has 16 heavy (non-hydrogen) atoms. The summed E-state index contributed by atoms with van der Waals surface area (Å²) in [6.07, 6.45) is 14.8. The van der Waals surface area contributed by atoms with E-state index >= 15 is 0 Å². The topological polar surface area (TPSA) is 12.0 Å². The first kappa shape index (κ1) is 12.4. The summed E-state index contributed by atoms with van der Waals surface area (Å²) >= 11 is 0.